The van der Waals surface area contributed by atoms with Gasteiger partial charge in [-0.25, -0.2) is 9.59 Å². The molecule has 0 saturated heterocycles. The molecule has 3 aromatic carbocycles. The van der Waals surface area contributed by atoms with Crippen molar-refractivity contribution in [2.45, 2.75) is 12.5 Å². The maximum Gasteiger partial charge on any atom is 0.339 e. The van der Waals surface area contributed by atoms with Crippen molar-refractivity contribution in [2.24, 2.45) is 0 Å². The van der Waals surface area contributed by atoms with Gasteiger partial charge in [0.1, 0.15) is 16.0 Å². The molecule has 1 aromatic heterocycles. The van der Waals surface area contributed by atoms with Gasteiger partial charge in [0.05, 0.1) is 13.7 Å². The highest BCUT2D eigenvalue weighted by Gasteiger charge is 2.25. The number of aromatic carboxylic acids is 1. The van der Waals surface area contributed by atoms with Gasteiger partial charge >= 0.3 is 11.7 Å². The number of benzene rings is 3. The molecule has 35 heavy (non-hydrogen) atoms. The van der Waals surface area contributed by atoms with Crippen molar-refractivity contribution in [3.63, 3.8) is 0 Å². The molecule has 0 amide bonds. The molecule has 1 heterocycles. The number of rotatable bonds is 5. The zero-order chi connectivity index (χ0) is 24.5. The predicted octanol–water partition coefficient (Wildman–Crippen LogP) is 5.32. The molecule has 0 bridgehead atoms. The lowest BCUT2D eigenvalue weighted by Gasteiger charge is -2.22. The van der Waals surface area contributed by atoms with Gasteiger partial charge in [-0.15, -0.1) is 0 Å². The maximum atomic E-state index is 12.9. The van der Waals surface area contributed by atoms with Gasteiger partial charge in [-0.1, -0.05) is 79.0 Å². The summed E-state index contributed by atoms with van der Waals surface area (Å²) in [6, 6.07) is 21.2. The molecule has 7 heteroatoms. The van der Waals surface area contributed by atoms with Crippen LogP contribution >= 0.6 is 12.2 Å². The second-order valence-corrected chi connectivity index (χ2v) is 8.74. The number of methoxy groups -OCH3 is 1. The molecule has 1 aliphatic carbocycles. The van der Waals surface area contributed by atoms with Crippen molar-refractivity contribution in [3.8, 4) is 5.75 Å². The lowest BCUT2D eigenvalue weighted by molar-refractivity contribution is 0.0693. The normalized spacial score (nSPS) is 12.5. The summed E-state index contributed by atoms with van der Waals surface area (Å²) < 4.78 is 7.06. The van der Waals surface area contributed by atoms with E-state index >= 15 is 0 Å². The van der Waals surface area contributed by atoms with Crippen molar-refractivity contribution in [1.82, 2.24) is 9.55 Å². The smallest absolute Gasteiger partial charge is 0.339 e. The minimum Gasteiger partial charge on any atom is -0.496 e. The summed E-state index contributed by atoms with van der Waals surface area (Å²) >= 11 is 5.65. The molecule has 0 fully saturated rings. The average molecular weight is 483 g/mol. The van der Waals surface area contributed by atoms with Crippen LogP contribution in [-0.4, -0.2) is 27.7 Å². The summed E-state index contributed by atoms with van der Waals surface area (Å²) in [6.07, 6.45) is 5.98. The van der Waals surface area contributed by atoms with Crippen LogP contribution < -0.4 is 10.4 Å². The van der Waals surface area contributed by atoms with E-state index in [-0.39, 0.29) is 29.5 Å². The Hall–Kier alpha value is -4.23. The average Bonchev–Trinajstić information content (AvgIpc) is 3.03. The summed E-state index contributed by atoms with van der Waals surface area (Å²) in [4.78, 5) is 27.3. The third-order valence-electron chi connectivity index (χ3n) is 6.25. The summed E-state index contributed by atoms with van der Waals surface area (Å²) in [5.74, 6) is -1.01. The summed E-state index contributed by atoms with van der Waals surface area (Å²) in [6.45, 7) is 0.177. The first kappa shape index (κ1) is 22.6. The number of carboxylic acid groups (broad SMARTS) is 1. The molecule has 0 aliphatic heterocycles. The quantitative estimate of drug-likeness (QED) is 0.331. The van der Waals surface area contributed by atoms with Gasteiger partial charge in [0.25, 0.3) is 0 Å². The molecular formula is C28H22N2O4S. The zero-order valence-corrected chi connectivity index (χ0v) is 19.7. The Bertz CT molecular complexity index is 1550. The van der Waals surface area contributed by atoms with Gasteiger partial charge in [0.15, 0.2) is 0 Å². The van der Waals surface area contributed by atoms with Crippen molar-refractivity contribution in [2.75, 3.05) is 7.11 Å². The highest BCUT2D eigenvalue weighted by atomic mass is 32.1. The number of aromatic nitrogens is 2. The van der Waals surface area contributed by atoms with E-state index in [1.165, 1.54) is 17.7 Å². The lowest BCUT2D eigenvalue weighted by atomic mass is 9.83. The molecule has 5 rings (SSSR count). The molecule has 0 radical (unpaired) electrons. The van der Waals surface area contributed by atoms with Crippen LogP contribution in [-0.2, 0) is 6.54 Å². The van der Waals surface area contributed by atoms with Gasteiger partial charge in [0.2, 0.25) is 0 Å². The monoisotopic (exact) mass is 482 g/mol. The van der Waals surface area contributed by atoms with Crippen LogP contribution in [0.15, 0.2) is 77.7 Å². The van der Waals surface area contributed by atoms with Crippen LogP contribution in [0, 0.1) is 4.64 Å². The van der Waals surface area contributed by atoms with E-state index < -0.39 is 5.97 Å². The van der Waals surface area contributed by atoms with Gasteiger partial charge in [0, 0.05) is 17.7 Å². The summed E-state index contributed by atoms with van der Waals surface area (Å²) in [7, 11) is 1.42. The number of carboxylic acids is 1. The Morgan fingerprint density at radius 3 is 2.23 bits per heavy atom. The third kappa shape index (κ3) is 4.22. The minimum atomic E-state index is -1.09. The molecule has 2 N–H and O–H groups in total. The van der Waals surface area contributed by atoms with Gasteiger partial charge in [-0.3, -0.25) is 9.55 Å². The fourth-order valence-electron chi connectivity index (χ4n) is 4.60. The predicted molar refractivity (Wildman–Crippen MR) is 138 cm³/mol. The molecule has 4 aromatic rings. The number of aromatic amines is 1. The molecule has 0 unspecified atom stereocenters. The van der Waals surface area contributed by atoms with Gasteiger partial charge < -0.3 is 9.84 Å². The number of ether oxygens (including phenoxy) is 1. The largest absolute Gasteiger partial charge is 0.496 e. The SMILES string of the molecule is COc1ccc(Cn2cc(C3c4ccccc4C=Cc4ccccc43)c(=S)[nH]c2=O)cc1C(=O)O. The molecule has 6 nitrogen and oxygen atoms in total. The van der Waals surface area contributed by atoms with E-state index in [0.717, 1.165) is 27.8 Å². The summed E-state index contributed by atoms with van der Waals surface area (Å²) in [5.41, 5.74) is 5.50. The molecule has 0 spiro atoms. The first-order valence-electron chi connectivity index (χ1n) is 11.1. The van der Waals surface area contributed by atoms with Crippen LogP contribution in [0.2, 0.25) is 0 Å². The van der Waals surface area contributed by atoms with Crippen molar-refractivity contribution in [1.29, 1.82) is 0 Å². The molecule has 0 atom stereocenters. The lowest BCUT2D eigenvalue weighted by Crippen LogP contribution is -2.25. The van der Waals surface area contributed by atoms with Crippen molar-refractivity contribution in [3.05, 3.63) is 127 Å². The van der Waals surface area contributed by atoms with Crippen LogP contribution in [0.5, 0.6) is 5.75 Å². The number of nitrogens with zero attached hydrogens (tertiary/aromatic N) is 1. The second kappa shape index (κ2) is 9.19. The van der Waals surface area contributed by atoms with Crippen LogP contribution in [0.1, 0.15) is 49.7 Å². The number of hydrogen-bond acceptors (Lipinski definition) is 4. The van der Waals surface area contributed by atoms with Crippen LogP contribution in [0.4, 0.5) is 0 Å². The third-order valence-corrected chi connectivity index (χ3v) is 6.59. The van der Waals surface area contributed by atoms with Gasteiger partial charge in [-0.05, 0) is 39.9 Å². The number of hydrogen-bond donors (Lipinski definition) is 2. The Kier molecular flexibility index (Phi) is 5.93. The van der Waals surface area contributed by atoms with E-state index in [1.54, 1.807) is 18.3 Å². The van der Waals surface area contributed by atoms with E-state index in [1.807, 2.05) is 24.3 Å². The van der Waals surface area contributed by atoms with Gasteiger partial charge in [-0.2, -0.15) is 0 Å². The number of H-pyrrole nitrogens is 1. The molecule has 174 valence electrons. The zero-order valence-electron chi connectivity index (χ0n) is 18.9. The Balaban J connectivity index is 1.65. The first-order chi connectivity index (χ1) is 17.0. The number of carbonyl (C=O) groups is 1. The number of fused-ring (bicyclic) bond motifs is 2. The van der Waals surface area contributed by atoms with Crippen molar-refractivity contribution < 1.29 is 14.6 Å². The Labute approximate surface area is 206 Å². The Morgan fingerprint density at radius 1 is 1.00 bits per heavy atom. The second-order valence-electron chi connectivity index (χ2n) is 8.34. The first-order valence-corrected chi connectivity index (χ1v) is 11.5. The standard InChI is InChI=1S/C28H22N2O4S/c1-34-24-13-10-17(14-22(24)27(31)32)15-30-16-23(26(35)29-28(30)33)25-20-8-4-2-6-18(20)11-12-19-7-3-5-9-21(19)25/h2-14,16,25H,15H2,1H3,(H,31,32)(H,29,33,35). The molecule has 0 saturated carbocycles. The molecular weight excluding hydrogens is 460 g/mol. The van der Waals surface area contributed by atoms with Crippen molar-refractivity contribution >= 4 is 30.3 Å². The maximum absolute atomic E-state index is 12.9. The number of nitrogens with one attached hydrogen (secondary N) is 1. The van der Waals surface area contributed by atoms with Crippen LogP contribution in [0.25, 0.3) is 12.2 Å². The Morgan fingerprint density at radius 2 is 1.63 bits per heavy atom. The van der Waals surface area contributed by atoms with E-state index in [2.05, 4.69) is 41.4 Å². The summed E-state index contributed by atoms with van der Waals surface area (Å²) in [5, 5.41) is 9.53. The van der Waals surface area contributed by atoms with E-state index in [4.69, 9.17) is 17.0 Å². The fourth-order valence-corrected chi connectivity index (χ4v) is 4.86. The highest BCUT2D eigenvalue weighted by Crippen LogP contribution is 2.39. The molecule has 1 aliphatic rings. The minimum absolute atomic E-state index is 0.0415. The fraction of sp³-hybridized carbons (Fsp3) is 0.107. The van der Waals surface area contributed by atoms with E-state index in [0.29, 0.717) is 10.2 Å². The highest BCUT2D eigenvalue weighted by molar-refractivity contribution is 7.71. The van der Waals surface area contributed by atoms with E-state index in [9.17, 15) is 14.7 Å². The van der Waals surface area contributed by atoms with Crippen LogP contribution in [0.3, 0.4) is 0 Å². The topological polar surface area (TPSA) is 84.3 Å².